The molecule has 9 heteroatoms. The predicted molar refractivity (Wildman–Crippen MR) is 102 cm³/mol. The molecule has 3 N–H and O–H groups in total. The van der Waals surface area contributed by atoms with E-state index in [-0.39, 0.29) is 28.9 Å². The molecule has 27 heavy (non-hydrogen) atoms. The Balaban J connectivity index is 1.91. The van der Waals surface area contributed by atoms with Gasteiger partial charge in [-0.1, -0.05) is 0 Å². The summed E-state index contributed by atoms with van der Waals surface area (Å²) in [5.41, 5.74) is 0.484. The van der Waals surface area contributed by atoms with Crippen molar-refractivity contribution in [1.82, 2.24) is 9.62 Å². The highest BCUT2D eigenvalue weighted by Gasteiger charge is 2.27. The summed E-state index contributed by atoms with van der Waals surface area (Å²) in [7, 11) is -2.03. The number of nitrogens with zero attached hydrogens (tertiary/aromatic N) is 1. The van der Waals surface area contributed by atoms with E-state index in [1.165, 1.54) is 23.5 Å². The number of carboxylic acid groups (broad SMARTS) is 1. The first-order chi connectivity index (χ1) is 12.6. The van der Waals surface area contributed by atoms with E-state index in [4.69, 9.17) is 5.11 Å². The van der Waals surface area contributed by atoms with Gasteiger partial charge in [-0.05, 0) is 63.8 Å². The van der Waals surface area contributed by atoms with Gasteiger partial charge in [0.15, 0.2) is 0 Å². The zero-order valence-corrected chi connectivity index (χ0v) is 16.6. The molecule has 1 saturated carbocycles. The Morgan fingerprint density at radius 3 is 2.15 bits per heavy atom. The summed E-state index contributed by atoms with van der Waals surface area (Å²) in [6.07, 6.45) is 2.36. The van der Waals surface area contributed by atoms with Crippen molar-refractivity contribution in [2.24, 2.45) is 5.92 Å². The molecule has 8 nitrogen and oxygen atoms in total. The van der Waals surface area contributed by atoms with Gasteiger partial charge >= 0.3 is 12.0 Å². The predicted octanol–water partition coefficient (Wildman–Crippen LogP) is 2.48. The molecule has 1 aliphatic rings. The van der Waals surface area contributed by atoms with Crippen LogP contribution in [-0.4, -0.2) is 49.0 Å². The molecule has 1 aromatic rings. The Kier molecular flexibility index (Phi) is 6.83. The lowest BCUT2D eigenvalue weighted by atomic mass is 9.86. The van der Waals surface area contributed by atoms with Crippen molar-refractivity contribution in [3.05, 3.63) is 24.3 Å². The maximum absolute atomic E-state index is 12.4. The van der Waals surface area contributed by atoms with E-state index in [1.54, 1.807) is 26.0 Å². The van der Waals surface area contributed by atoms with E-state index in [2.05, 4.69) is 10.6 Å². The third kappa shape index (κ3) is 5.43. The summed E-state index contributed by atoms with van der Waals surface area (Å²) in [6, 6.07) is 5.41. The molecule has 1 fully saturated rings. The maximum Gasteiger partial charge on any atom is 0.319 e. The maximum atomic E-state index is 12.4. The van der Waals surface area contributed by atoms with E-state index in [1.807, 2.05) is 0 Å². The number of hydrogen-bond acceptors (Lipinski definition) is 4. The number of anilines is 1. The summed E-state index contributed by atoms with van der Waals surface area (Å²) in [6.45, 7) is 3.59. The number of rotatable bonds is 6. The van der Waals surface area contributed by atoms with Crippen molar-refractivity contribution >= 4 is 27.7 Å². The highest BCUT2D eigenvalue weighted by molar-refractivity contribution is 7.89. The van der Waals surface area contributed by atoms with Crippen molar-refractivity contribution in [3.63, 3.8) is 0 Å². The molecule has 0 saturated heterocycles. The van der Waals surface area contributed by atoms with Crippen LogP contribution in [0.4, 0.5) is 10.5 Å². The van der Waals surface area contributed by atoms with Crippen LogP contribution in [0.15, 0.2) is 29.2 Å². The first-order valence-corrected chi connectivity index (χ1v) is 10.4. The fourth-order valence-corrected chi connectivity index (χ4v) is 4.36. The van der Waals surface area contributed by atoms with Gasteiger partial charge in [0.25, 0.3) is 0 Å². The smallest absolute Gasteiger partial charge is 0.319 e. The summed E-state index contributed by atoms with van der Waals surface area (Å²) in [4.78, 5) is 23.2. The monoisotopic (exact) mass is 397 g/mol. The highest BCUT2D eigenvalue weighted by atomic mass is 32.2. The van der Waals surface area contributed by atoms with Gasteiger partial charge in [-0.15, -0.1) is 0 Å². The molecule has 0 heterocycles. The van der Waals surface area contributed by atoms with Gasteiger partial charge in [0.05, 0.1) is 10.8 Å². The van der Waals surface area contributed by atoms with Crippen molar-refractivity contribution in [1.29, 1.82) is 0 Å². The Hall–Kier alpha value is -2.13. The van der Waals surface area contributed by atoms with Crippen LogP contribution in [0.2, 0.25) is 0 Å². The molecule has 2 rings (SSSR count). The second-order valence-corrected chi connectivity index (χ2v) is 9.12. The largest absolute Gasteiger partial charge is 0.481 e. The standard InChI is InChI=1S/C18H27N3O5S/c1-12(2)21(3)27(25,26)16-10-8-15(9-11-16)20-18(24)19-14-6-4-13(5-7-14)17(22)23/h8-14H,4-7H2,1-3H3,(H,22,23)(H2,19,20,24). The van der Waals surface area contributed by atoms with E-state index in [0.29, 0.717) is 31.4 Å². The topological polar surface area (TPSA) is 116 Å². The van der Waals surface area contributed by atoms with Crippen molar-refractivity contribution < 1.29 is 23.1 Å². The number of aliphatic carboxylic acids is 1. The summed E-state index contributed by atoms with van der Waals surface area (Å²) in [5.74, 6) is -1.11. The lowest BCUT2D eigenvalue weighted by Crippen LogP contribution is -2.41. The van der Waals surface area contributed by atoms with Gasteiger partial charge in [-0.2, -0.15) is 4.31 Å². The van der Waals surface area contributed by atoms with Crippen LogP contribution in [-0.2, 0) is 14.8 Å². The first kappa shape index (κ1) is 21.2. The molecular formula is C18H27N3O5S. The van der Waals surface area contributed by atoms with Gasteiger partial charge in [-0.25, -0.2) is 13.2 Å². The number of hydrogen-bond donors (Lipinski definition) is 3. The SMILES string of the molecule is CC(C)N(C)S(=O)(=O)c1ccc(NC(=O)NC2CCC(C(=O)O)CC2)cc1. The van der Waals surface area contributed by atoms with Gasteiger partial charge in [0.1, 0.15) is 0 Å². The lowest BCUT2D eigenvalue weighted by molar-refractivity contribution is -0.142. The van der Waals surface area contributed by atoms with Crippen LogP contribution < -0.4 is 10.6 Å². The van der Waals surface area contributed by atoms with Gasteiger partial charge in [-0.3, -0.25) is 4.79 Å². The van der Waals surface area contributed by atoms with Crippen LogP contribution in [0.3, 0.4) is 0 Å². The Bertz CT molecular complexity index is 769. The fraction of sp³-hybridized carbons (Fsp3) is 0.556. The molecule has 150 valence electrons. The van der Waals surface area contributed by atoms with E-state index < -0.39 is 16.0 Å². The number of nitrogens with one attached hydrogen (secondary N) is 2. The van der Waals surface area contributed by atoms with Crippen molar-refractivity contribution in [2.45, 2.75) is 56.5 Å². The minimum absolute atomic E-state index is 0.0556. The number of carbonyl (C=O) groups excluding carboxylic acids is 1. The molecule has 1 aromatic carbocycles. The quantitative estimate of drug-likeness (QED) is 0.682. The van der Waals surface area contributed by atoms with Crippen molar-refractivity contribution in [3.8, 4) is 0 Å². The zero-order chi connectivity index (χ0) is 20.2. The molecule has 0 aromatic heterocycles. The summed E-state index contributed by atoms with van der Waals surface area (Å²) in [5, 5.41) is 14.5. The van der Waals surface area contributed by atoms with Gasteiger partial charge in [0, 0.05) is 24.8 Å². The molecule has 0 unspecified atom stereocenters. The molecule has 0 radical (unpaired) electrons. The Morgan fingerprint density at radius 2 is 1.67 bits per heavy atom. The first-order valence-electron chi connectivity index (χ1n) is 8.99. The van der Waals surface area contributed by atoms with Crippen LogP contribution in [0.25, 0.3) is 0 Å². The Labute approximate surface area is 160 Å². The third-order valence-electron chi connectivity index (χ3n) is 4.93. The number of carbonyl (C=O) groups is 2. The average molecular weight is 397 g/mol. The molecule has 0 bridgehead atoms. The van der Waals surface area contributed by atoms with Crippen LogP contribution in [0.1, 0.15) is 39.5 Å². The lowest BCUT2D eigenvalue weighted by Gasteiger charge is -2.26. The molecule has 2 amide bonds. The molecular weight excluding hydrogens is 370 g/mol. The van der Waals surface area contributed by atoms with Gasteiger partial charge in [0.2, 0.25) is 10.0 Å². The average Bonchev–Trinajstić information content (AvgIpc) is 2.61. The molecule has 0 atom stereocenters. The van der Waals surface area contributed by atoms with Gasteiger partial charge < -0.3 is 15.7 Å². The van der Waals surface area contributed by atoms with Crippen molar-refractivity contribution in [2.75, 3.05) is 12.4 Å². The molecule has 0 spiro atoms. The number of benzene rings is 1. The number of urea groups is 1. The minimum atomic E-state index is -3.56. The third-order valence-corrected chi connectivity index (χ3v) is 6.98. The summed E-state index contributed by atoms with van der Waals surface area (Å²) < 4.78 is 26.1. The summed E-state index contributed by atoms with van der Waals surface area (Å²) >= 11 is 0. The fourth-order valence-electron chi connectivity index (χ4n) is 2.99. The van der Waals surface area contributed by atoms with E-state index in [9.17, 15) is 18.0 Å². The number of amides is 2. The second-order valence-electron chi connectivity index (χ2n) is 7.12. The Morgan fingerprint density at radius 1 is 1.11 bits per heavy atom. The highest BCUT2D eigenvalue weighted by Crippen LogP contribution is 2.24. The van der Waals surface area contributed by atoms with E-state index >= 15 is 0 Å². The number of sulfonamides is 1. The molecule has 0 aliphatic heterocycles. The zero-order valence-electron chi connectivity index (χ0n) is 15.8. The second kappa shape index (κ2) is 8.71. The normalized spacial score (nSPS) is 20.5. The molecule has 1 aliphatic carbocycles. The number of carboxylic acids is 1. The minimum Gasteiger partial charge on any atom is -0.481 e. The van der Waals surface area contributed by atoms with Crippen LogP contribution in [0, 0.1) is 5.92 Å². The van der Waals surface area contributed by atoms with Crippen LogP contribution >= 0.6 is 0 Å². The van der Waals surface area contributed by atoms with Crippen LogP contribution in [0.5, 0.6) is 0 Å². The van der Waals surface area contributed by atoms with E-state index in [0.717, 1.165) is 0 Å².